The number of nitrogens with zero attached hydrogens (tertiary/aromatic N) is 1. The third-order valence-electron chi connectivity index (χ3n) is 3.56. The second-order valence-corrected chi connectivity index (χ2v) is 7.69. The standard InChI is InChI=1S/C15H24N2O2S/c1-17(13-14-7-3-2-4-8-14)20(18,19)12-6-5-11-16-15-9-10-15/h2-4,7-8,15-16H,5-6,9-13H2,1H3. The van der Waals surface area contributed by atoms with E-state index in [0.29, 0.717) is 12.6 Å². The van der Waals surface area contributed by atoms with Crippen molar-refractivity contribution in [3.05, 3.63) is 35.9 Å². The molecule has 0 bridgehead atoms. The van der Waals surface area contributed by atoms with Crippen molar-refractivity contribution in [1.29, 1.82) is 0 Å². The molecule has 1 aliphatic rings. The first-order valence-corrected chi connectivity index (χ1v) is 8.90. The Balaban J connectivity index is 1.70. The van der Waals surface area contributed by atoms with Crippen LogP contribution in [0.1, 0.15) is 31.2 Å². The lowest BCUT2D eigenvalue weighted by Crippen LogP contribution is -2.29. The van der Waals surface area contributed by atoms with Crippen molar-refractivity contribution in [2.75, 3.05) is 19.3 Å². The van der Waals surface area contributed by atoms with Gasteiger partial charge in [0.2, 0.25) is 10.0 Å². The first kappa shape index (κ1) is 15.5. The van der Waals surface area contributed by atoms with Gasteiger partial charge in [-0.1, -0.05) is 30.3 Å². The molecule has 1 aromatic carbocycles. The summed E-state index contributed by atoms with van der Waals surface area (Å²) in [5.41, 5.74) is 1.02. The SMILES string of the molecule is CN(Cc1ccccc1)S(=O)(=O)CCCCNC1CC1. The summed E-state index contributed by atoms with van der Waals surface area (Å²) in [4.78, 5) is 0. The molecule has 5 heteroatoms. The summed E-state index contributed by atoms with van der Waals surface area (Å²) in [6.07, 6.45) is 4.20. The third-order valence-corrected chi connectivity index (χ3v) is 5.45. The van der Waals surface area contributed by atoms with Crippen molar-refractivity contribution in [3.8, 4) is 0 Å². The zero-order chi connectivity index (χ0) is 14.4. The zero-order valence-corrected chi connectivity index (χ0v) is 12.9. The fourth-order valence-corrected chi connectivity index (χ4v) is 3.32. The quantitative estimate of drug-likeness (QED) is 0.709. The molecule has 1 N–H and O–H groups in total. The summed E-state index contributed by atoms with van der Waals surface area (Å²) in [5.74, 6) is 0.239. The van der Waals surface area contributed by atoms with Gasteiger partial charge >= 0.3 is 0 Å². The highest BCUT2D eigenvalue weighted by atomic mass is 32.2. The van der Waals surface area contributed by atoms with Crippen LogP contribution < -0.4 is 5.32 Å². The average molecular weight is 296 g/mol. The second-order valence-electron chi connectivity index (χ2n) is 5.49. The molecule has 1 saturated carbocycles. The van der Waals surface area contributed by atoms with Crippen molar-refractivity contribution in [2.45, 2.75) is 38.3 Å². The van der Waals surface area contributed by atoms with Gasteiger partial charge in [0.15, 0.2) is 0 Å². The van der Waals surface area contributed by atoms with E-state index >= 15 is 0 Å². The third kappa shape index (κ3) is 5.23. The summed E-state index contributed by atoms with van der Waals surface area (Å²) in [6.45, 7) is 1.38. The van der Waals surface area contributed by atoms with Crippen molar-refractivity contribution in [1.82, 2.24) is 9.62 Å². The van der Waals surface area contributed by atoms with E-state index in [-0.39, 0.29) is 5.75 Å². The Bertz CT molecular complexity index is 498. The number of sulfonamides is 1. The largest absolute Gasteiger partial charge is 0.314 e. The first-order chi connectivity index (χ1) is 9.58. The molecule has 0 spiro atoms. The van der Waals surface area contributed by atoms with E-state index in [1.54, 1.807) is 7.05 Å². The maximum Gasteiger partial charge on any atom is 0.214 e. The molecule has 1 aliphatic carbocycles. The smallest absolute Gasteiger partial charge is 0.214 e. The second kappa shape index (κ2) is 7.20. The maximum atomic E-state index is 12.1. The Morgan fingerprint density at radius 2 is 1.90 bits per heavy atom. The minimum absolute atomic E-state index is 0.239. The fourth-order valence-electron chi connectivity index (χ4n) is 2.10. The highest BCUT2D eigenvalue weighted by Gasteiger charge is 2.20. The van der Waals surface area contributed by atoms with E-state index in [4.69, 9.17) is 0 Å². The van der Waals surface area contributed by atoms with Crippen molar-refractivity contribution in [2.24, 2.45) is 0 Å². The molecule has 20 heavy (non-hydrogen) atoms. The summed E-state index contributed by atoms with van der Waals surface area (Å²) in [7, 11) is -1.48. The van der Waals surface area contributed by atoms with Crippen molar-refractivity contribution >= 4 is 10.0 Å². The van der Waals surface area contributed by atoms with E-state index in [2.05, 4.69) is 5.32 Å². The molecule has 0 saturated heterocycles. The van der Waals surface area contributed by atoms with E-state index in [0.717, 1.165) is 24.9 Å². The predicted molar refractivity (Wildman–Crippen MR) is 82.0 cm³/mol. The zero-order valence-electron chi connectivity index (χ0n) is 12.1. The van der Waals surface area contributed by atoms with Crippen LogP contribution in [-0.2, 0) is 16.6 Å². The van der Waals surface area contributed by atoms with Crippen LogP contribution in [0.5, 0.6) is 0 Å². The number of hydrogen-bond donors (Lipinski definition) is 1. The van der Waals surface area contributed by atoms with E-state index in [9.17, 15) is 8.42 Å². The minimum atomic E-state index is -3.14. The Hall–Kier alpha value is -0.910. The molecule has 0 amide bonds. The van der Waals surface area contributed by atoms with Crippen LogP contribution in [0, 0.1) is 0 Å². The van der Waals surface area contributed by atoms with Crippen molar-refractivity contribution in [3.63, 3.8) is 0 Å². The summed E-state index contributed by atoms with van der Waals surface area (Å²) in [5, 5.41) is 3.40. The predicted octanol–water partition coefficient (Wildman–Crippen LogP) is 1.98. The molecule has 0 unspecified atom stereocenters. The molecule has 112 valence electrons. The monoisotopic (exact) mass is 296 g/mol. The number of nitrogens with one attached hydrogen (secondary N) is 1. The minimum Gasteiger partial charge on any atom is -0.314 e. The molecular formula is C15H24N2O2S. The molecule has 0 radical (unpaired) electrons. The summed E-state index contributed by atoms with van der Waals surface area (Å²) in [6, 6.07) is 10.4. The number of hydrogen-bond acceptors (Lipinski definition) is 3. The van der Waals surface area contributed by atoms with Gasteiger partial charge in [0.05, 0.1) is 5.75 Å². The van der Waals surface area contributed by atoms with E-state index in [1.807, 2.05) is 30.3 Å². The van der Waals surface area contributed by atoms with Crippen LogP contribution in [0.3, 0.4) is 0 Å². The Morgan fingerprint density at radius 1 is 1.20 bits per heavy atom. The molecule has 0 aliphatic heterocycles. The normalized spacial score (nSPS) is 15.7. The molecule has 1 aromatic rings. The van der Waals surface area contributed by atoms with Crippen LogP contribution in [0.25, 0.3) is 0 Å². The van der Waals surface area contributed by atoms with Crippen LogP contribution in [0.2, 0.25) is 0 Å². The van der Waals surface area contributed by atoms with Crippen LogP contribution in [-0.4, -0.2) is 38.1 Å². The van der Waals surface area contributed by atoms with Gasteiger partial charge in [-0.05, 0) is 37.8 Å². The van der Waals surface area contributed by atoms with E-state index < -0.39 is 10.0 Å². The van der Waals surface area contributed by atoms with Crippen LogP contribution >= 0.6 is 0 Å². The highest BCUT2D eigenvalue weighted by Crippen LogP contribution is 2.18. The van der Waals surface area contributed by atoms with Crippen LogP contribution in [0.4, 0.5) is 0 Å². The number of unbranched alkanes of at least 4 members (excludes halogenated alkanes) is 1. The summed E-state index contributed by atoms with van der Waals surface area (Å²) >= 11 is 0. The molecule has 0 atom stereocenters. The van der Waals surface area contributed by atoms with Gasteiger partial charge in [0, 0.05) is 19.6 Å². The van der Waals surface area contributed by atoms with Gasteiger partial charge in [-0.15, -0.1) is 0 Å². The van der Waals surface area contributed by atoms with Gasteiger partial charge in [0.1, 0.15) is 0 Å². The van der Waals surface area contributed by atoms with E-state index in [1.165, 1.54) is 17.1 Å². The topological polar surface area (TPSA) is 49.4 Å². The van der Waals surface area contributed by atoms with Gasteiger partial charge in [-0.25, -0.2) is 12.7 Å². The van der Waals surface area contributed by atoms with Gasteiger partial charge in [-0.2, -0.15) is 0 Å². The Kier molecular flexibility index (Phi) is 5.57. The molecule has 2 rings (SSSR count). The lowest BCUT2D eigenvalue weighted by molar-refractivity contribution is 0.464. The molecule has 1 fully saturated rings. The summed E-state index contributed by atoms with van der Waals surface area (Å²) < 4.78 is 25.8. The molecule has 4 nitrogen and oxygen atoms in total. The lowest BCUT2D eigenvalue weighted by Gasteiger charge is -2.17. The van der Waals surface area contributed by atoms with Crippen molar-refractivity contribution < 1.29 is 8.42 Å². The first-order valence-electron chi connectivity index (χ1n) is 7.29. The van der Waals surface area contributed by atoms with Gasteiger partial charge < -0.3 is 5.32 Å². The Morgan fingerprint density at radius 3 is 2.55 bits per heavy atom. The molecule has 0 aromatic heterocycles. The highest BCUT2D eigenvalue weighted by molar-refractivity contribution is 7.89. The molecular weight excluding hydrogens is 272 g/mol. The molecule has 0 heterocycles. The average Bonchev–Trinajstić information content (AvgIpc) is 3.23. The van der Waals surface area contributed by atoms with Crippen LogP contribution in [0.15, 0.2) is 30.3 Å². The lowest BCUT2D eigenvalue weighted by atomic mass is 10.2. The van der Waals surface area contributed by atoms with Gasteiger partial charge in [0.25, 0.3) is 0 Å². The fraction of sp³-hybridized carbons (Fsp3) is 0.600. The maximum absolute atomic E-state index is 12.1. The van der Waals surface area contributed by atoms with Gasteiger partial charge in [-0.3, -0.25) is 0 Å². The Labute approximate surface area is 122 Å². The number of benzene rings is 1. The number of rotatable bonds is 9.